The number of carbonyl (C=O) groups excluding carboxylic acids is 3. The molecule has 150 valence electrons. The van der Waals surface area contributed by atoms with Crippen molar-refractivity contribution in [1.29, 1.82) is 0 Å². The van der Waals surface area contributed by atoms with E-state index in [2.05, 4.69) is 0 Å². The lowest BCUT2D eigenvalue weighted by Gasteiger charge is -2.38. The quantitative estimate of drug-likeness (QED) is 0.749. The number of amides is 2. The highest BCUT2D eigenvalue weighted by Crippen LogP contribution is 2.38. The number of benzene rings is 2. The summed E-state index contributed by atoms with van der Waals surface area (Å²) >= 11 is 0. The second kappa shape index (κ2) is 7.35. The highest BCUT2D eigenvalue weighted by molar-refractivity contribution is 6.10. The van der Waals surface area contributed by atoms with Crippen molar-refractivity contribution in [1.82, 2.24) is 4.90 Å². The van der Waals surface area contributed by atoms with E-state index in [1.165, 1.54) is 4.90 Å². The summed E-state index contributed by atoms with van der Waals surface area (Å²) in [5.74, 6) is -0.0377. The number of likely N-dealkylation sites (tertiary alicyclic amines) is 1. The molecule has 0 aliphatic carbocycles. The van der Waals surface area contributed by atoms with Gasteiger partial charge in [-0.25, -0.2) is 0 Å². The van der Waals surface area contributed by atoms with Gasteiger partial charge in [-0.2, -0.15) is 0 Å². The molecule has 0 atom stereocenters. The van der Waals surface area contributed by atoms with Gasteiger partial charge in [-0.15, -0.1) is 0 Å². The average molecular weight is 392 g/mol. The van der Waals surface area contributed by atoms with Gasteiger partial charge in [0.25, 0.3) is 11.8 Å². The number of rotatable bonds is 4. The number of ketones is 1. The maximum Gasteiger partial charge on any atom is 0.271 e. The Hall–Kier alpha value is -3.15. The maximum absolute atomic E-state index is 13.1. The Labute approximate surface area is 170 Å². The SMILES string of the molecule is CC1(C)Oc2ccc(C(=O)N3CCCC3)cc2N(CC(=O)c2ccccc2)C1=O. The Bertz CT molecular complexity index is 962. The normalized spacial score (nSPS) is 17.7. The zero-order chi connectivity index (χ0) is 20.6. The van der Waals surface area contributed by atoms with Gasteiger partial charge >= 0.3 is 0 Å². The molecule has 2 aromatic rings. The first-order valence-corrected chi connectivity index (χ1v) is 9.89. The van der Waals surface area contributed by atoms with E-state index < -0.39 is 5.60 Å². The summed E-state index contributed by atoms with van der Waals surface area (Å²) in [6, 6.07) is 14.0. The van der Waals surface area contributed by atoms with Gasteiger partial charge in [0, 0.05) is 24.2 Å². The lowest BCUT2D eigenvalue weighted by atomic mass is 10.0. The van der Waals surface area contributed by atoms with Crippen LogP contribution in [0.25, 0.3) is 0 Å². The number of nitrogens with zero attached hydrogens (tertiary/aromatic N) is 2. The maximum atomic E-state index is 13.1. The van der Waals surface area contributed by atoms with E-state index in [-0.39, 0.29) is 24.1 Å². The summed E-state index contributed by atoms with van der Waals surface area (Å²) in [4.78, 5) is 41.9. The summed E-state index contributed by atoms with van der Waals surface area (Å²) in [6.45, 7) is 4.75. The lowest BCUT2D eigenvalue weighted by molar-refractivity contribution is -0.132. The summed E-state index contributed by atoms with van der Waals surface area (Å²) in [7, 11) is 0. The van der Waals surface area contributed by atoms with Crippen LogP contribution in [-0.4, -0.2) is 47.7 Å². The van der Waals surface area contributed by atoms with Crippen LogP contribution in [0.1, 0.15) is 47.4 Å². The topological polar surface area (TPSA) is 66.9 Å². The largest absolute Gasteiger partial charge is 0.476 e. The van der Waals surface area contributed by atoms with Crippen LogP contribution in [0.5, 0.6) is 5.75 Å². The van der Waals surface area contributed by atoms with Crippen molar-refractivity contribution in [2.45, 2.75) is 32.3 Å². The summed E-state index contributed by atoms with van der Waals surface area (Å²) < 4.78 is 5.88. The van der Waals surface area contributed by atoms with E-state index >= 15 is 0 Å². The summed E-state index contributed by atoms with van der Waals surface area (Å²) in [5, 5.41) is 0. The number of carbonyl (C=O) groups is 3. The highest BCUT2D eigenvalue weighted by atomic mass is 16.5. The molecule has 0 bridgehead atoms. The average Bonchev–Trinajstić information content (AvgIpc) is 3.26. The molecule has 1 fully saturated rings. The summed E-state index contributed by atoms with van der Waals surface area (Å²) in [5.41, 5.74) is 0.405. The van der Waals surface area contributed by atoms with Gasteiger partial charge in [-0.05, 0) is 44.9 Å². The molecule has 0 radical (unpaired) electrons. The molecular weight excluding hydrogens is 368 g/mol. The predicted molar refractivity (Wildman–Crippen MR) is 109 cm³/mol. The van der Waals surface area contributed by atoms with Crippen LogP contribution in [0.3, 0.4) is 0 Å². The van der Waals surface area contributed by atoms with Crippen LogP contribution in [0.4, 0.5) is 5.69 Å². The van der Waals surface area contributed by atoms with Gasteiger partial charge < -0.3 is 9.64 Å². The van der Waals surface area contributed by atoms with Crippen molar-refractivity contribution in [3.05, 3.63) is 59.7 Å². The Kier molecular flexibility index (Phi) is 4.86. The Morgan fingerprint density at radius 1 is 1.00 bits per heavy atom. The molecule has 2 amide bonds. The van der Waals surface area contributed by atoms with Gasteiger partial charge in [-0.1, -0.05) is 30.3 Å². The molecule has 1 saturated heterocycles. The van der Waals surface area contributed by atoms with Gasteiger partial charge in [0.1, 0.15) is 5.75 Å². The van der Waals surface area contributed by atoms with Crippen LogP contribution < -0.4 is 9.64 Å². The fraction of sp³-hybridized carbons (Fsp3) is 0.348. The van der Waals surface area contributed by atoms with Gasteiger partial charge in [0.05, 0.1) is 12.2 Å². The Morgan fingerprint density at radius 3 is 2.38 bits per heavy atom. The Morgan fingerprint density at radius 2 is 1.69 bits per heavy atom. The number of Topliss-reactive ketones (excluding diaryl/α,β-unsaturated/α-hetero) is 1. The van der Waals surface area contributed by atoms with Crippen molar-refractivity contribution >= 4 is 23.3 Å². The molecule has 6 nitrogen and oxygen atoms in total. The molecule has 2 heterocycles. The van der Waals surface area contributed by atoms with Crippen LogP contribution in [-0.2, 0) is 4.79 Å². The van der Waals surface area contributed by atoms with E-state index in [9.17, 15) is 14.4 Å². The molecule has 0 spiro atoms. The first-order valence-electron chi connectivity index (χ1n) is 9.89. The van der Waals surface area contributed by atoms with Gasteiger partial charge in [0.15, 0.2) is 11.4 Å². The van der Waals surface area contributed by atoms with E-state index in [4.69, 9.17) is 4.74 Å². The minimum Gasteiger partial charge on any atom is -0.476 e. The number of ether oxygens (including phenoxy) is 1. The molecule has 0 N–H and O–H groups in total. The van der Waals surface area contributed by atoms with E-state index in [1.807, 2.05) is 11.0 Å². The number of hydrogen-bond donors (Lipinski definition) is 0. The minimum atomic E-state index is -1.09. The Balaban J connectivity index is 1.69. The third-order valence-electron chi connectivity index (χ3n) is 5.41. The zero-order valence-electron chi connectivity index (χ0n) is 16.7. The molecule has 2 aliphatic rings. The highest BCUT2D eigenvalue weighted by Gasteiger charge is 2.42. The number of anilines is 1. The number of hydrogen-bond acceptors (Lipinski definition) is 4. The predicted octanol–water partition coefficient (Wildman–Crippen LogP) is 3.31. The lowest BCUT2D eigenvalue weighted by Crippen LogP contribution is -2.54. The molecule has 4 rings (SSSR count). The van der Waals surface area contributed by atoms with Gasteiger partial charge in [-0.3, -0.25) is 19.3 Å². The first-order chi connectivity index (χ1) is 13.9. The van der Waals surface area contributed by atoms with Crippen LogP contribution in [0, 0.1) is 0 Å². The molecule has 29 heavy (non-hydrogen) atoms. The first kappa shape index (κ1) is 19.2. The fourth-order valence-corrected chi connectivity index (χ4v) is 3.82. The zero-order valence-corrected chi connectivity index (χ0v) is 16.7. The van der Waals surface area contributed by atoms with E-state index in [0.717, 1.165) is 25.9 Å². The van der Waals surface area contributed by atoms with Crippen molar-refractivity contribution < 1.29 is 19.1 Å². The summed E-state index contributed by atoms with van der Waals surface area (Å²) in [6.07, 6.45) is 2.01. The van der Waals surface area contributed by atoms with Crippen LogP contribution in [0.15, 0.2) is 48.5 Å². The molecule has 2 aliphatic heterocycles. The molecule has 2 aromatic carbocycles. The number of fused-ring (bicyclic) bond motifs is 1. The third kappa shape index (κ3) is 3.62. The fourth-order valence-electron chi connectivity index (χ4n) is 3.82. The van der Waals surface area contributed by atoms with E-state index in [1.54, 1.807) is 56.3 Å². The monoisotopic (exact) mass is 392 g/mol. The molecule has 0 saturated carbocycles. The smallest absolute Gasteiger partial charge is 0.271 e. The molecular formula is C23H24N2O4. The van der Waals surface area contributed by atoms with Crippen molar-refractivity contribution in [2.24, 2.45) is 0 Å². The second-order valence-corrected chi connectivity index (χ2v) is 7.97. The standard InChI is InChI=1S/C23H24N2O4/c1-23(2)22(28)25(15-19(26)16-8-4-3-5-9-16)18-14-17(10-11-20(18)29-23)21(27)24-12-6-7-13-24/h3-5,8-11,14H,6-7,12-13,15H2,1-2H3. The van der Waals surface area contributed by atoms with E-state index in [0.29, 0.717) is 22.6 Å². The van der Waals surface area contributed by atoms with Crippen LogP contribution >= 0.6 is 0 Å². The van der Waals surface area contributed by atoms with Crippen molar-refractivity contribution in [2.75, 3.05) is 24.5 Å². The minimum absolute atomic E-state index is 0.0584. The third-order valence-corrected chi connectivity index (χ3v) is 5.41. The molecule has 6 heteroatoms. The second-order valence-electron chi connectivity index (χ2n) is 7.97. The van der Waals surface area contributed by atoms with Crippen LogP contribution in [0.2, 0.25) is 0 Å². The van der Waals surface area contributed by atoms with Gasteiger partial charge in [0.2, 0.25) is 0 Å². The molecule has 0 aromatic heterocycles. The molecule has 0 unspecified atom stereocenters. The van der Waals surface area contributed by atoms with Crippen molar-refractivity contribution in [3.63, 3.8) is 0 Å². The van der Waals surface area contributed by atoms with Crippen molar-refractivity contribution in [3.8, 4) is 5.75 Å².